The van der Waals surface area contributed by atoms with Gasteiger partial charge in [-0.3, -0.25) is 4.40 Å². The molecule has 0 aliphatic heterocycles. The molecule has 0 aliphatic carbocycles. The number of pyridine rings is 1. The molecule has 0 bridgehead atoms. The van der Waals surface area contributed by atoms with Crippen LogP contribution in [0.5, 0.6) is 0 Å². The van der Waals surface area contributed by atoms with Crippen LogP contribution in [0.15, 0.2) is 18.2 Å². The van der Waals surface area contributed by atoms with E-state index in [-0.39, 0.29) is 0 Å². The Morgan fingerprint density at radius 3 is 2.92 bits per heavy atom. The number of hydrogen-bond acceptors (Lipinski definition) is 4. The third kappa shape index (κ3) is 0.835. The molecular formula is C7H9N5. The summed E-state index contributed by atoms with van der Waals surface area (Å²) in [6.07, 6.45) is 0. The highest BCUT2D eigenvalue weighted by Crippen LogP contribution is 2.08. The average molecular weight is 163 g/mol. The second-order valence-electron chi connectivity index (χ2n) is 2.46. The van der Waals surface area contributed by atoms with E-state index < -0.39 is 0 Å². The van der Waals surface area contributed by atoms with Crippen molar-refractivity contribution in [1.29, 1.82) is 0 Å². The summed E-state index contributed by atoms with van der Waals surface area (Å²) < 4.78 is 1.74. The largest absolute Gasteiger partial charge is 0.385 e. The summed E-state index contributed by atoms with van der Waals surface area (Å²) >= 11 is 0. The van der Waals surface area contributed by atoms with Crippen LogP contribution in [-0.4, -0.2) is 14.6 Å². The molecule has 0 unspecified atom stereocenters. The fraction of sp³-hybridized carbons (Fsp3) is 0.143. The highest BCUT2D eigenvalue weighted by molar-refractivity contribution is 5.47. The number of hydrogen-bond donors (Lipinski definition) is 2. The maximum atomic E-state index is 5.70. The fourth-order valence-corrected chi connectivity index (χ4v) is 1.16. The van der Waals surface area contributed by atoms with E-state index in [4.69, 9.17) is 11.5 Å². The van der Waals surface area contributed by atoms with E-state index in [1.807, 2.05) is 12.1 Å². The minimum Gasteiger partial charge on any atom is -0.385 e. The molecule has 5 nitrogen and oxygen atoms in total. The van der Waals surface area contributed by atoms with Gasteiger partial charge in [0.2, 0.25) is 0 Å². The smallest absolute Gasteiger partial charge is 0.162 e. The number of nitrogen functional groups attached to an aromatic ring is 1. The summed E-state index contributed by atoms with van der Waals surface area (Å²) in [7, 11) is 0. The molecule has 0 saturated carbocycles. The monoisotopic (exact) mass is 163 g/mol. The van der Waals surface area contributed by atoms with Gasteiger partial charge in [0.1, 0.15) is 5.82 Å². The second-order valence-corrected chi connectivity index (χ2v) is 2.46. The van der Waals surface area contributed by atoms with Crippen LogP contribution in [0.1, 0.15) is 5.82 Å². The first-order valence-corrected chi connectivity index (χ1v) is 3.61. The normalized spacial score (nSPS) is 10.8. The van der Waals surface area contributed by atoms with Gasteiger partial charge in [-0.1, -0.05) is 6.07 Å². The van der Waals surface area contributed by atoms with Gasteiger partial charge in [0, 0.05) is 0 Å². The van der Waals surface area contributed by atoms with Crippen molar-refractivity contribution in [2.75, 3.05) is 5.73 Å². The molecule has 0 atom stereocenters. The van der Waals surface area contributed by atoms with Crippen molar-refractivity contribution in [3.05, 3.63) is 24.0 Å². The molecule has 4 N–H and O–H groups in total. The SMILES string of the molecule is NCc1nnc2cccc(N)n12. The maximum Gasteiger partial charge on any atom is 0.162 e. The summed E-state index contributed by atoms with van der Waals surface area (Å²) in [6, 6.07) is 5.46. The van der Waals surface area contributed by atoms with Crippen LogP contribution in [0.4, 0.5) is 5.82 Å². The highest BCUT2D eigenvalue weighted by atomic mass is 15.3. The summed E-state index contributed by atoms with van der Waals surface area (Å²) in [5.74, 6) is 1.29. The van der Waals surface area contributed by atoms with Crippen molar-refractivity contribution < 1.29 is 0 Å². The minimum absolute atomic E-state index is 0.343. The van der Waals surface area contributed by atoms with Gasteiger partial charge in [0.05, 0.1) is 6.54 Å². The molecule has 0 radical (unpaired) electrons. The quantitative estimate of drug-likeness (QED) is 0.608. The molecule has 2 aromatic rings. The minimum atomic E-state index is 0.343. The number of nitrogens with two attached hydrogens (primary N) is 2. The molecule has 0 aliphatic rings. The van der Waals surface area contributed by atoms with E-state index in [1.165, 1.54) is 0 Å². The molecule has 0 aromatic carbocycles. The molecule has 2 heterocycles. The summed E-state index contributed by atoms with van der Waals surface area (Å²) in [5.41, 5.74) is 11.9. The second kappa shape index (κ2) is 2.46. The lowest BCUT2D eigenvalue weighted by atomic mass is 10.4. The van der Waals surface area contributed by atoms with Gasteiger partial charge in [-0.25, -0.2) is 0 Å². The molecule has 12 heavy (non-hydrogen) atoms. The Hall–Kier alpha value is -1.62. The van der Waals surface area contributed by atoms with Crippen molar-refractivity contribution in [1.82, 2.24) is 14.6 Å². The zero-order chi connectivity index (χ0) is 8.55. The van der Waals surface area contributed by atoms with E-state index in [0.29, 0.717) is 18.2 Å². The first-order chi connectivity index (χ1) is 5.83. The van der Waals surface area contributed by atoms with Crippen LogP contribution in [0.25, 0.3) is 5.65 Å². The van der Waals surface area contributed by atoms with Crippen molar-refractivity contribution in [2.24, 2.45) is 5.73 Å². The van der Waals surface area contributed by atoms with Crippen LogP contribution in [0.2, 0.25) is 0 Å². The summed E-state index contributed by atoms with van der Waals surface area (Å²) in [6.45, 7) is 0.343. The van der Waals surface area contributed by atoms with Crippen LogP contribution >= 0.6 is 0 Å². The molecule has 2 rings (SSSR count). The van der Waals surface area contributed by atoms with E-state index in [0.717, 1.165) is 5.65 Å². The number of fused-ring (bicyclic) bond motifs is 1. The molecule has 0 fully saturated rings. The van der Waals surface area contributed by atoms with Crippen molar-refractivity contribution in [3.8, 4) is 0 Å². The van der Waals surface area contributed by atoms with Gasteiger partial charge in [-0.15, -0.1) is 10.2 Å². The van der Waals surface area contributed by atoms with Gasteiger partial charge < -0.3 is 11.5 Å². The number of nitrogens with zero attached hydrogens (tertiary/aromatic N) is 3. The van der Waals surface area contributed by atoms with E-state index >= 15 is 0 Å². The average Bonchev–Trinajstić information content (AvgIpc) is 2.49. The van der Waals surface area contributed by atoms with E-state index in [2.05, 4.69) is 10.2 Å². The van der Waals surface area contributed by atoms with Crippen LogP contribution < -0.4 is 11.5 Å². The molecule has 5 heteroatoms. The summed E-state index contributed by atoms with van der Waals surface area (Å²) in [5, 5.41) is 7.79. The predicted octanol–water partition coefficient (Wildman–Crippen LogP) is -0.230. The van der Waals surface area contributed by atoms with Gasteiger partial charge in [0.25, 0.3) is 0 Å². The molecular weight excluding hydrogens is 154 g/mol. The predicted molar refractivity (Wildman–Crippen MR) is 45.3 cm³/mol. The Kier molecular flexibility index (Phi) is 1.44. The van der Waals surface area contributed by atoms with Crippen LogP contribution in [0.3, 0.4) is 0 Å². The first kappa shape index (κ1) is 7.05. The third-order valence-electron chi connectivity index (χ3n) is 1.71. The van der Waals surface area contributed by atoms with Crippen LogP contribution in [-0.2, 0) is 6.54 Å². The zero-order valence-corrected chi connectivity index (χ0v) is 6.44. The molecule has 2 aromatic heterocycles. The Bertz CT molecular complexity index is 405. The molecule has 0 spiro atoms. The van der Waals surface area contributed by atoms with Gasteiger partial charge in [0.15, 0.2) is 11.5 Å². The Morgan fingerprint density at radius 2 is 2.17 bits per heavy atom. The fourth-order valence-electron chi connectivity index (χ4n) is 1.16. The lowest BCUT2D eigenvalue weighted by molar-refractivity contribution is 0.887. The summed E-state index contributed by atoms with van der Waals surface area (Å²) in [4.78, 5) is 0. The maximum absolute atomic E-state index is 5.70. The topological polar surface area (TPSA) is 82.2 Å². The van der Waals surface area contributed by atoms with Gasteiger partial charge in [-0.2, -0.15) is 0 Å². The Morgan fingerprint density at radius 1 is 1.33 bits per heavy atom. The van der Waals surface area contributed by atoms with Crippen molar-refractivity contribution >= 4 is 11.5 Å². The first-order valence-electron chi connectivity index (χ1n) is 3.61. The Balaban J connectivity index is 2.83. The van der Waals surface area contributed by atoms with Crippen molar-refractivity contribution in [2.45, 2.75) is 6.54 Å². The lowest BCUT2D eigenvalue weighted by Gasteiger charge is -1.99. The Labute approximate surface area is 69.0 Å². The standard InChI is InChI=1S/C7H9N5/c8-4-7-11-10-6-3-1-2-5(9)12(6)7/h1-3H,4,8-9H2. The zero-order valence-electron chi connectivity index (χ0n) is 6.44. The van der Waals surface area contributed by atoms with Gasteiger partial charge >= 0.3 is 0 Å². The number of anilines is 1. The third-order valence-corrected chi connectivity index (χ3v) is 1.71. The highest BCUT2D eigenvalue weighted by Gasteiger charge is 2.04. The van der Waals surface area contributed by atoms with E-state index in [9.17, 15) is 0 Å². The van der Waals surface area contributed by atoms with Crippen molar-refractivity contribution in [3.63, 3.8) is 0 Å². The number of rotatable bonds is 1. The molecule has 62 valence electrons. The van der Waals surface area contributed by atoms with E-state index in [1.54, 1.807) is 10.5 Å². The lowest BCUT2D eigenvalue weighted by Crippen LogP contribution is -2.05. The van der Waals surface area contributed by atoms with Gasteiger partial charge in [-0.05, 0) is 12.1 Å². The molecule has 0 amide bonds. The number of aromatic nitrogens is 3. The van der Waals surface area contributed by atoms with Crippen LogP contribution in [0, 0.1) is 0 Å². The molecule has 0 saturated heterocycles.